The minimum absolute atomic E-state index is 0.251. The molecule has 5 nitrogen and oxygen atoms in total. The zero-order valence-electron chi connectivity index (χ0n) is 9.92. The maximum atomic E-state index is 9.02. The van der Waals surface area contributed by atoms with Crippen LogP contribution in [0.25, 0.3) is 11.4 Å². The third kappa shape index (κ3) is 2.23. The molecule has 0 fully saturated rings. The molecule has 18 heavy (non-hydrogen) atoms. The van der Waals surface area contributed by atoms with E-state index in [-0.39, 0.29) is 11.4 Å². The molecule has 0 bridgehead atoms. The number of nitrogens with zero attached hydrogens (tertiary/aromatic N) is 3. The molecule has 2 aromatic heterocycles. The van der Waals surface area contributed by atoms with Gasteiger partial charge in [-0.25, -0.2) is 4.98 Å². The first-order chi connectivity index (χ1) is 8.76. The molecule has 0 amide bonds. The molecule has 5 heteroatoms. The maximum absolute atomic E-state index is 9.02. The van der Waals surface area contributed by atoms with Crippen LogP contribution in [0.3, 0.4) is 0 Å². The van der Waals surface area contributed by atoms with Gasteiger partial charge in [0, 0.05) is 6.20 Å². The van der Waals surface area contributed by atoms with Crippen LogP contribution in [-0.4, -0.2) is 16.6 Å². The number of nitriles is 1. The zero-order valence-corrected chi connectivity index (χ0v) is 9.92. The zero-order chi connectivity index (χ0) is 13.0. The van der Waals surface area contributed by atoms with Gasteiger partial charge in [0.1, 0.15) is 11.6 Å². The van der Waals surface area contributed by atoms with E-state index < -0.39 is 0 Å². The lowest BCUT2D eigenvalue weighted by atomic mass is 10.1. The van der Waals surface area contributed by atoms with Crippen LogP contribution in [0.15, 0.2) is 30.5 Å². The highest BCUT2D eigenvalue weighted by Crippen LogP contribution is 2.27. The molecule has 0 saturated carbocycles. The Morgan fingerprint density at radius 2 is 2.22 bits per heavy atom. The summed E-state index contributed by atoms with van der Waals surface area (Å²) in [6.07, 6.45) is 1.67. The van der Waals surface area contributed by atoms with Gasteiger partial charge >= 0.3 is 0 Å². The van der Waals surface area contributed by atoms with E-state index in [9.17, 15) is 0 Å². The molecule has 0 radical (unpaired) electrons. The monoisotopic (exact) mass is 240 g/mol. The number of rotatable bonds is 3. The summed E-state index contributed by atoms with van der Waals surface area (Å²) >= 11 is 0. The number of pyridine rings is 2. The van der Waals surface area contributed by atoms with Gasteiger partial charge in [-0.05, 0) is 25.1 Å². The van der Waals surface area contributed by atoms with E-state index in [0.29, 0.717) is 23.7 Å². The van der Waals surface area contributed by atoms with Crippen molar-refractivity contribution >= 4 is 5.69 Å². The third-order valence-corrected chi connectivity index (χ3v) is 2.34. The van der Waals surface area contributed by atoms with Crippen molar-refractivity contribution in [2.45, 2.75) is 6.92 Å². The van der Waals surface area contributed by atoms with Crippen LogP contribution in [0.4, 0.5) is 5.69 Å². The first-order valence-electron chi connectivity index (χ1n) is 5.51. The van der Waals surface area contributed by atoms with Crippen molar-refractivity contribution in [3.05, 3.63) is 36.0 Å². The molecule has 90 valence electrons. The fraction of sp³-hybridized carbons (Fsp3) is 0.154. The van der Waals surface area contributed by atoms with Crippen molar-refractivity contribution in [3.63, 3.8) is 0 Å². The van der Waals surface area contributed by atoms with Crippen molar-refractivity contribution in [2.24, 2.45) is 0 Å². The minimum Gasteiger partial charge on any atom is -0.477 e. The van der Waals surface area contributed by atoms with Gasteiger partial charge in [-0.3, -0.25) is 4.98 Å². The maximum Gasteiger partial charge on any atom is 0.234 e. The molecule has 0 aliphatic heterocycles. The van der Waals surface area contributed by atoms with Crippen LogP contribution in [0, 0.1) is 11.3 Å². The average molecular weight is 240 g/mol. The van der Waals surface area contributed by atoms with E-state index in [1.54, 1.807) is 12.3 Å². The fourth-order valence-corrected chi connectivity index (χ4v) is 1.54. The molecule has 0 spiro atoms. The molecule has 0 unspecified atom stereocenters. The molecule has 0 aliphatic carbocycles. The summed E-state index contributed by atoms with van der Waals surface area (Å²) < 4.78 is 5.33. The van der Waals surface area contributed by atoms with E-state index in [0.717, 1.165) is 0 Å². The number of anilines is 1. The van der Waals surface area contributed by atoms with E-state index in [2.05, 4.69) is 9.97 Å². The van der Waals surface area contributed by atoms with Crippen molar-refractivity contribution < 1.29 is 4.74 Å². The normalized spacial score (nSPS) is 9.78. The lowest BCUT2D eigenvalue weighted by Gasteiger charge is -2.09. The lowest BCUT2D eigenvalue weighted by Crippen LogP contribution is -2.02. The summed E-state index contributed by atoms with van der Waals surface area (Å²) in [6, 6.07) is 9.13. The fourth-order valence-electron chi connectivity index (χ4n) is 1.54. The molecule has 2 heterocycles. The van der Waals surface area contributed by atoms with Crippen LogP contribution in [0.2, 0.25) is 0 Å². The second kappa shape index (κ2) is 5.15. The van der Waals surface area contributed by atoms with Gasteiger partial charge < -0.3 is 10.5 Å². The highest BCUT2D eigenvalue weighted by atomic mass is 16.5. The van der Waals surface area contributed by atoms with E-state index in [1.165, 1.54) is 0 Å². The molecule has 0 aliphatic rings. The molecular formula is C13H12N4O. The van der Waals surface area contributed by atoms with Crippen LogP contribution in [0.5, 0.6) is 5.88 Å². The smallest absolute Gasteiger partial charge is 0.234 e. The molecule has 2 N–H and O–H groups in total. The summed E-state index contributed by atoms with van der Waals surface area (Å²) in [5, 5.41) is 9.02. The number of aromatic nitrogens is 2. The Morgan fingerprint density at radius 3 is 2.83 bits per heavy atom. The Bertz CT molecular complexity index is 590. The first kappa shape index (κ1) is 11.9. The van der Waals surface area contributed by atoms with Crippen LogP contribution in [0.1, 0.15) is 12.5 Å². The molecule has 2 rings (SSSR count). The molecule has 2 aromatic rings. The first-order valence-corrected chi connectivity index (χ1v) is 5.51. The summed E-state index contributed by atoms with van der Waals surface area (Å²) in [6.45, 7) is 2.25. The van der Waals surface area contributed by atoms with Gasteiger partial charge in [0.05, 0.1) is 23.7 Å². The summed E-state index contributed by atoms with van der Waals surface area (Å²) in [4.78, 5) is 8.47. The summed E-state index contributed by atoms with van der Waals surface area (Å²) in [5.74, 6) is 0.251. The molecule has 0 saturated heterocycles. The number of nitrogen functional groups attached to an aromatic ring is 1. The highest BCUT2D eigenvalue weighted by Gasteiger charge is 2.13. The topological polar surface area (TPSA) is 84.8 Å². The minimum atomic E-state index is 0.251. The Labute approximate surface area is 105 Å². The van der Waals surface area contributed by atoms with E-state index in [1.807, 2.05) is 31.2 Å². The standard InChI is InChI=1S/C13H12N4O/c1-2-18-13-9(8-14)10(15)7-12(17-13)11-5-3-4-6-16-11/h3-7H,2H2,1H3,(H2,15,17). The predicted molar refractivity (Wildman–Crippen MR) is 67.8 cm³/mol. The van der Waals surface area contributed by atoms with Crippen molar-refractivity contribution in [1.82, 2.24) is 9.97 Å². The van der Waals surface area contributed by atoms with Gasteiger partial charge in [0.15, 0.2) is 0 Å². The van der Waals surface area contributed by atoms with Crippen molar-refractivity contribution in [1.29, 1.82) is 5.26 Å². The third-order valence-electron chi connectivity index (χ3n) is 2.34. The largest absolute Gasteiger partial charge is 0.477 e. The number of ether oxygens (including phenoxy) is 1. The van der Waals surface area contributed by atoms with Gasteiger partial charge in [-0.2, -0.15) is 5.26 Å². The molecule has 0 atom stereocenters. The Hall–Kier alpha value is -2.61. The van der Waals surface area contributed by atoms with E-state index >= 15 is 0 Å². The average Bonchev–Trinajstić information content (AvgIpc) is 2.40. The van der Waals surface area contributed by atoms with Crippen LogP contribution < -0.4 is 10.5 Å². The summed E-state index contributed by atoms with van der Waals surface area (Å²) in [5.41, 5.74) is 7.72. The number of hydrogen-bond donors (Lipinski definition) is 1. The quantitative estimate of drug-likeness (QED) is 0.886. The van der Waals surface area contributed by atoms with Gasteiger partial charge in [-0.15, -0.1) is 0 Å². The van der Waals surface area contributed by atoms with E-state index in [4.69, 9.17) is 15.7 Å². The highest BCUT2D eigenvalue weighted by molar-refractivity contribution is 5.67. The number of nitrogens with two attached hydrogens (primary N) is 1. The summed E-state index contributed by atoms with van der Waals surface area (Å²) in [7, 11) is 0. The van der Waals surface area contributed by atoms with Gasteiger partial charge in [0.25, 0.3) is 0 Å². The molecule has 0 aromatic carbocycles. The number of hydrogen-bond acceptors (Lipinski definition) is 5. The van der Waals surface area contributed by atoms with Gasteiger partial charge in [0.2, 0.25) is 5.88 Å². The van der Waals surface area contributed by atoms with Crippen LogP contribution in [-0.2, 0) is 0 Å². The Balaban J connectivity index is 2.55. The Kier molecular flexibility index (Phi) is 3.39. The predicted octanol–water partition coefficient (Wildman–Crippen LogP) is 2.00. The molecular weight excluding hydrogens is 228 g/mol. The van der Waals surface area contributed by atoms with Crippen molar-refractivity contribution in [2.75, 3.05) is 12.3 Å². The van der Waals surface area contributed by atoms with Gasteiger partial charge in [-0.1, -0.05) is 6.07 Å². The Morgan fingerprint density at radius 1 is 1.39 bits per heavy atom. The van der Waals surface area contributed by atoms with Crippen LogP contribution >= 0.6 is 0 Å². The second-order valence-corrected chi connectivity index (χ2v) is 3.54. The van der Waals surface area contributed by atoms with Crippen molar-refractivity contribution in [3.8, 4) is 23.3 Å². The SMILES string of the molecule is CCOc1nc(-c2ccccn2)cc(N)c1C#N. The lowest BCUT2D eigenvalue weighted by molar-refractivity contribution is 0.326. The second-order valence-electron chi connectivity index (χ2n) is 3.54.